The van der Waals surface area contributed by atoms with Crippen LogP contribution >= 0.6 is 0 Å². The maximum absolute atomic E-state index is 12.2. The van der Waals surface area contributed by atoms with E-state index in [1.54, 1.807) is 29.0 Å². The number of methoxy groups -OCH3 is 1. The lowest BCUT2D eigenvalue weighted by Crippen LogP contribution is -2.38. The molecule has 1 aliphatic heterocycles. The summed E-state index contributed by atoms with van der Waals surface area (Å²) in [7, 11) is 1.59. The molecular weight excluding hydrogens is 288 g/mol. The summed E-state index contributed by atoms with van der Waals surface area (Å²) in [6.45, 7) is 3.19. The summed E-state index contributed by atoms with van der Waals surface area (Å²) >= 11 is 0. The summed E-state index contributed by atoms with van der Waals surface area (Å²) in [6, 6.07) is 3.35. The molecule has 0 spiro atoms. The maximum Gasteiger partial charge on any atom is 0.289 e. The summed E-state index contributed by atoms with van der Waals surface area (Å²) in [6.07, 6.45) is 2.23. The number of amides is 2. The minimum absolute atomic E-state index is 0.0511. The van der Waals surface area contributed by atoms with Gasteiger partial charge in [-0.25, -0.2) is 0 Å². The highest BCUT2D eigenvalue weighted by atomic mass is 16.5. The molecule has 0 aromatic carbocycles. The Kier molecular flexibility index (Phi) is 6.42. The molecule has 1 aromatic rings. The van der Waals surface area contributed by atoms with Gasteiger partial charge in [0.25, 0.3) is 5.91 Å². The maximum atomic E-state index is 12.2. The number of carbonyl (C=O) groups is 2. The van der Waals surface area contributed by atoms with Crippen molar-refractivity contribution >= 4 is 11.8 Å². The number of rotatable bonds is 6. The number of hydrogen-bond acceptors (Lipinski definition) is 5. The van der Waals surface area contributed by atoms with E-state index in [0.717, 1.165) is 6.42 Å². The lowest BCUT2D eigenvalue weighted by atomic mass is 10.3. The fraction of sp³-hybridized carbons (Fsp3) is 0.600. The fourth-order valence-corrected chi connectivity index (χ4v) is 2.32. The fourth-order valence-electron chi connectivity index (χ4n) is 2.32. The highest BCUT2D eigenvalue weighted by Crippen LogP contribution is 2.10. The van der Waals surface area contributed by atoms with E-state index in [4.69, 9.17) is 13.9 Å². The molecule has 0 bridgehead atoms. The molecule has 1 fully saturated rings. The summed E-state index contributed by atoms with van der Waals surface area (Å²) in [4.78, 5) is 27.7. The standard InChI is InChI=1S/C15H22N2O5/c1-20-10-11-21-12-14(18)16-5-3-6-17(8-7-16)15(19)13-4-2-9-22-13/h2,4,9H,3,5-8,10-12H2,1H3. The molecule has 0 aliphatic carbocycles. The van der Waals surface area contributed by atoms with Gasteiger partial charge in [-0.1, -0.05) is 0 Å². The third-order valence-electron chi connectivity index (χ3n) is 3.53. The highest BCUT2D eigenvalue weighted by Gasteiger charge is 2.23. The number of ether oxygens (including phenoxy) is 2. The Morgan fingerprint density at radius 3 is 2.68 bits per heavy atom. The summed E-state index contributed by atoms with van der Waals surface area (Å²) in [5.41, 5.74) is 0. The van der Waals surface area contributed by atoms with Crippen molar-refractivity contribution in [3.8, 4) is 0 Å². The lowest BCUT2D eigenvalue weighted by Gasteiger charge is -2.21. The van der Waals surface area contributed by atoms with E-state index >= 15 is 0 Å². The van der Waals surface area contributed by atoms with E-state index in [1.807, 2.05) is 0 Å². The van der Waals surface area contributed by atoms with Crippen LogP contribution in [-0.4, -0.2) is 74.7 Å². The first kappa shape index (κ1) is 16.5. The van der Waals surface area contributed by atoms with Crippen molar-refractivity contribution in [2.24, 2.45) is 0 Å². The van der Waals surface area contributed by atoms with Gasteiger partial charge in [0.15, 0.2) is 5.76 Å². The van der Waals surface area contributed by atoms with E-state index in [1.165, 1.54) is 6.26 Å². The van der Waals surface area contributed by atoms with E-state index in [9.17, 15) is 9.59 Å². The van der Waals surface area contributed by atoms with Crippen molar-refractivity contribution in [2.45, 2.75) is 6.42 Å². The molecule has 1 saturated heterocycles. The molecule has 2 heterocycles. The van der Waals surface area contributed by atoms with Crippen LogP contribution in [0.5, 0.6) is 0 Å². The first-order valence-corrected chi connectivity index (χ1v) is 7.39. The Morgan fingerprint density at radius 1 is 1.18 bits per heavy atom. The van der Waals surface area contributed by atoms with Crippen LogP contribution in [0.25, 0.3) is 0 Å². The molecule has 0 atom stereocenters. The number of carbonyl (C=O) groups excluding carboxylic acids is 2. The quantitative estimate of drug-likeness (QED) is 0.720. The zero-order chi connectivity index (χ0) is 15.8. The van der Waals surface area contributed by atoms with Gasteiger partial charge < -0.3 is 23.7 Å². The molecule has 0 saturated carbocycles. The molecule has 0 N–H and O–H groups in total. The third kappa shape index (κ3) is 4.57. The molecule has 2 amide bonds. The van der Waals surface area contributed by atoms with Gasteiger partial charge in [0.1, 0.15) is 6.61 Å². The molecule has 1 aromatic heterocycles. The average molecular weight is 310 g/mol. The summed E-state index contributed by atoms with van der Waals surface area (Å²) in [5.74, 6) is 0.154. The Morgan fingerprint density at radius 2 is 1.95 bits per heavy atom. The molecule has 122 valence electrons. The highest BCUT2D eigenvalue weighted by molar-refractivity contribution is 5.91. The van der Waals surface area contributed by atoms with Crippen molar-refractivity contribution in [3.63, 3.8) is 0 Å². The van der Waals surface area contributed by atoms with Crippen molar-refractivity contribution in [2.75, 3.05) is 53.1 Å². The van der Waals surface area contributed by atoms with E-state index < -0.39 is 0 Å². The van der Waals surface area contributed by atoms with E-state index in [2.05, 4.69) is 0 Å². The summed E-state index contributed by atoms with van der Waals surface area (Å²) in [5, 5.41) is 0. The molecule has 22 heavy (non-hydrogen) atoms. The van der Waals surface area contributed by atoms with Crippen LogP contribution in [0, 0.1) is 0 Å². The molecular formula is C15H22N2O5. The smallest absolute Gasteiger partial charge is 0.289 e. The van der Waals surface area contributed by atoms with Crippen LogP contribution in [0.2, 0.25) is 0 Å². The van der Waals surface area contributed by atoms with Gasteiger partial charge >= 0.3 is 0 Å². The Balaban J connectivity index is 1.79. The largest absolute Gasteiger partial charge is 0.459 e. The van der Waals surface area contributed by atoms with Crippen LogP contribution in [0.3, 0.4) is 0 Å². The van der Waals surface area contributed by atoms with Crippen molar-refractivity contribution in [1.29, 1.82) is 0 Å². The lowest BCUT2D eigenvalue weighted by molar-refractivity contribution is -0.136. The third-order valence-corrected chi connectivity index (χ3v) is 3.53. The van der Waals surface area contributed by atoms with Gasteiger partial charge in [-0.2, -0.15) is 0 Å². The second kappa shape index (κ2) is 8.55. The zero-order valence-electron chi connectivity index (χ0n) is 12.8. The van der Waals surface area contributed by atoms with Crippen LogP contribution in [-0.2, 0) is 14.3 Å². The van der Waals surface area contributed by atoms with E-state index in [0.29, 0.717) is 45.2 Å². The second-order valence-electron chi connectivity index (χ2n) is 5.05. The SMILES string of the molecule is COCCOCC(=O)N1CCCN(C(=O)c2ccco2)CC1. The van der Waals surface area contributed by atoms with Crippen molar-refractivity contribution in [1.82, 2.24) is 9.80 Å². The molecule has 2 rings (SSSR count). The molecule has 0 unspecified atom stereocenters. The average Bonchev–Trinajstić information content (AvgIpc) is 2.95. The van der Waals surface area contributed by atoms with Crippen molar-refractivity contribution < 1.29 is 23.5 Å². The molecule has 7 heteroatoms. The van der Waals surface area contributed by atoms with Gasteiger partial charge in [-0.15, -0.1) is 0 Å². The number of nitrogens with zero attached hydrogens (tertiary/aromatic N) is 2. The predicted octanol–water partition coefficient (Wildman–Crippen LogP) is 0.617. The second-order valence-corrected chi connectivity index (χ2v) is 5.05. The van der Waals surface area contributed by atoms with Gasteiger partial charge in [-0.3, -0.25) is 9.59 Å². The minimum Gasteiger partial charge on any atom is -0.459 e. The predicted molar refractivity (Wildman–Crippen MR) is 78.5 cm³/mol. The minimum atomic E-state index is -0.129. The number of hydrogen-bond donors (Lipinski definition) is 0. The molecule has 7 nitrogen and oxygen atoms in total. The van der Waals surface area contributed by atoms with Crippen LogP contribution in [0.1, 0.15) is 17.0 Å². The van der Waals surface area contributed by atoms with Crippen LogP contribution in [0.4, 0.5) is 0 Å². The Labute approximate surface area is 129 Å². The van der Waals surface area contributed by atoms with Gasteiger partial charge in [-0.05, 0) is 18.6 Å². The Bertz CT molecular complexity index is 474. The first-order chi connectivity index (χ1) is 10.7. The van der Waals surface area contributed by atoms with Gasteiger partial charge in [0.05, 0.1) is 19.5 Å². The first-order valence-electron chi connectivity index (χ1n) is 7.39. The van der Waals surface area contributed by atoms with Crippen LogP contribution in [0.15, 0.2) is 22.8 Å². The molecule has 0 radical (unpaired) electrons. The zero-order valence-corrected chi connectivity index (χ0v) is 12.8. The normalized spacial score (nSPS) is 15.7. The van der Waals surface area contributed by atoms with Gasteiger partial charge in [0.2, 0.25) is 5.91 Å². The molecule has 1 aliphatic rings. The van der Waals surface area contributed by atoms with Gasteiger partial charge in [0, 0.05) is 33.3 Å². The van der Waals surface area contributed by atoms with Crippen LogP contribution < -0.4 is 0 Å². The Hall–Kier alpha value is -1.86. The topological polar surface area (TPSA) is 72.2 Å². The summed E-state index contributed by atoms with van der Waals surface area (Å²) < 4.78 is 15.2. The monoisotopic (exact) mass is 310 g/mol. The van der Waals surface area contributed by atoms with E-state index in [-0.39, 0.29) is 18.4 Å². The number of furan rings is 1. The van der Waals surface area contributed by atoms with Crippen molar-refractivity contribution in [3.05, 3.63) is 24.2 Å².